The smallest absolute Gasteiger partial charge is 0.262 e. The van der Waals surface area contributed by atoms with Crippen LogP contribution in [0.1, 0.15) is 11.1 Å². The van der Waals surface area contributed by atoms with Gasteiger partial charge < -0.3 is 9.64 Å². The summed E-state index contributed by atoms with van der Waals surface area (Å²) in [5.41, 5.74) is 2.64. The number of benzene rings is 1. The SMILES string of the molecule is C=Cc1cc(C)cc2c(=O)n(C)c(N3CCOCC3)nc12. The molecular weight excluding hydrogens is 266 g/mol. The van der Waals surface area contributed by atoms with Gasteiger partial charge in [0.25, 0.3) is 5.56 Å². The Morgan fingerprint density at radius 3 is 2.71 bits per heavy atom. The van der Waals surface area contributed by atoms with Gasteiger partial charge in [-0.1, -0.05) is 12.7 Å². The summed E-state index contributed by atoms with van der Waals surface area (Å²) < 4.78 is 6.99. The van der Waals surface area contributed by atoms with Crippen molar-refractivity contribution in [1.82, 2.24) is 9.55 Å². The minimum Gasteiger partial charge on any atom is -0.378 e. The van der Waals surface area contributed by atoms with Crippen LogP contribution in [0.2, 0.25) is 0 Å². The second kappa shape index (κ2) is 5.33. The number of hydrogen-bond donors (Lipinski definition) is 0. The van der Waals surface area contributed by atoms with E-state index in [1.165, 1.54) is 0 Å². The zero-order valence-electron chi connectivity index (χ0n) is 12.4. The van der Waals surface area contributed by atoms with E-state index in [4.69, 9.17) is 9.72 Å². The van der Waals surface area contributed by atoms with Crippen molar-refractivity contribution in [3.8, 4) is 0 Å². The molecule has 5 heteroatoms. The normalized spacial score (nSPS) is 15.4. The van der Waals surface area contributed by atoms with Crippen LogP contribution in [-0.4, -0.2) is 35.9 Å². The lowest BCUT2D eigenvalue weighted by Gasteiger charge is -2.29. The Hall–Kier alpha value is -2.14. The lowest BCUT2D eigenvalue weighted by atomic mass is 10.1. The maximum Gasteiger partial charge on any atom is 0.262 e. The molecule has 5 nitrogen and oxygen atoms in total. The van der Waals surface area contributed by atoms with Crippen LogP contribution in [0, 0.1) is 6.92 Å². The number of hydrogen-bond acceptors (Lipinski definition) is 4. The summed E-state index contributed by atoms with van der Waals surface area (Å²) in [4.78, 5) is 19.5. The summed E-state index contributed by atoms with van der Waals surface area (Å²) >= 11 is 0. The summed E-state index contributed by atoms with van der Waals surface area (Å²) in [6, 6.07) is 3.89. The quantitative estimate of drug-likeness (QED) is 0.843. The minimum absolute atomic E-state index is 0.0201. The van der Waals surface area contributed by atoms with E-state index in [9.17, 15) is 4.79 Å². The van der Waals surface area contributed by atoms with Crippen LogP contribution in [0.25, 0.3) is 17.0 Å². The predicted molar refractivity (Wildman–Crippen MR) is 84.8 cm³/mol. The molecule has 1 aliphatic rings. The van der Waals surface area contributed by atoms with E-state index in [0.717, 1.165) is 29.7 Å². The molecule has 1 saturated heterocycles. The van der Waals surface area contributed by atoms with Crippen molar-refractivity contribution in [2.45, 2.75) is 6.92 Å². The zero-order chi connectivity index (χ0) is 15.0. The molecule has 0 N–H and O–H groups in total. The van der Waals surface area contributed by atoms with E-state index in [0.29, 0.717) is 24.5 Å². The molecule has 0 unspecified atom stereocenters. The first-order chi connectivity index (χ1) is 10.1. The number of ether oxygens (including phenoxy) is 1. The molecule has 110 valence electrons. The number of nitrogens with zero attached hydrogens (tertiary/aromatic N) is 3. The summed E-state index contributed by atoms with van der Waals surface area (Å²) in [5, 5.41) is 0.643. The van der Waals surface area contributed by atoms with E-state index in [1.54, 1.807) is 17.7 Å². The van der Waals surface area contributed by atoms with Gasteiger partial charge in [-0.2, -0.15) is 0 Å². The van der Waals surface area contributed by atoms with Gasteiger partial charge in [0.2, 0.25) is 5.95 Å². The summed E-state index contributed by atoms with van der Waals surface area (Å²) in [6.07, 6.45) is 1.75. The number of aryl methyl sites for hydroxylation is 1. The first-order valence-electron chi connectivity index (χ1n) is 7.08. The molecule has 0 spiro atoms. The van der Waals surface area contributed by atoms with Gasteiger partial charge in [-0.25, -0.2) is 4.98 Å². The molecular formula is C16H19N3O2. The number of aromatic nitrogens is 2. The third-order valence-electron chi connectivity index (χ3n) is 3.84. The highest BCUT2D eigenvalue weighted by Crippen LogP contribution is 2.21. The molecule has 0 atom stereocenters. The number of anilines is 1. The van der Waals surface area contributed by atoms with Crippen LogP contribution < -0.4 is 10.5 Å². The van der Waals surface area contributed by atoms with Crippen LogP contribution in [0.5, 0.6) is 0 Å². The van der Waals surface area contributed by atoms with E-state index < -0.39 is 0 Å². The molecule has 1 fully saturated rings. The highest BCUT2D eigenvalue weighted by atomic mass is 16.5. The summed E-state index contributed by atoms with van der Waals surface area (Å²) in [7, 11) is 1.77. The van der Waals surface area contributed by atoms with Crippen molar-refractivity contribution < 1.29 is 4.74 Å². The van der Waals surface area contributed by atoms with Gasteiger partial charge in [-0.3, -0.25) is 9.36 Å². The van der Waals surface area contributed by atoms with Crippen LogP contribution in [0.3, 0.4) is 0 Å². The number of rotatable bonds is 2. The molecule has 3 rings (SSSR count). The van der Waals surface area contributed by atoms with Crippen molar-refractivity contribution in [2.24, 2.45) is 7.05 Å². The first-order valence-corrected chi connectivity index (χ1v) is 7.08. The van der Waals surface area contributed by atoms with Crippen molar-refractivity contribution in [2.75, 3.05) is 31.2 Å². The van der Waals surface area contributed by atoms with Crippen molar-refractivity contribution in [3.63, 3.8) is 0 Å². The van der Waals surface area contributed by atoms with Gasteiger partial charge in [0.15, 0.2) is 0 Å². The highest BCUT2D eigenvalue weighted by molar-refractivity contribution is 5.88. The minimum atomic E-state index is -0.0201. The van der Waals surface area contributed by atoms with Gasteiger partial charge in [0, 0.05) is 25.7 Å². The fourth-order valence-electron chi connectivity index (χ4n) is 2.74. The van der Waals surface area contributed by atoms with Gasteiger partial charge in [0.1, 0.15) is 0 Å². The second-order valence-electron chi connectivity index (χ2n) is 5.33. The van der Waals surface area contributed by atoms with Gasteiger partial charge in [0.05, 0.1) is 24.1 Å². The molecule has 2 aromatic rings. The Morgan fingerprint density at radius 2 is 2.05 bits per heavy atom. The average Bonchev–Trinajstić information content (AvgIpc) is 2.51. The third-order valence-corrected chi connectivity index (χ3v) is 3.84. The van der Waals surface area contributed by atoms with Crippen LogP contribution in [-0.2, 0) is 11.8 Å². The van der Waals surface area contributed by atoms with Crippen LogP contribution >= 0.6 is 0 Å². The molecule has 21 heavy (non-hydrogen) atoms. The van der Waals surface area contributed by atoms with E-state index in [2.05, 4.69) is 11.5 Å². The van der Waals surface area contributed by atoms with E-state index in [1.807, 2.05) is 19.1 Å². The van der Waals surface area contributed by atoms with Gasteiger partial charge in [-0.15, -0.1) is 0 Å². The molecule has 0 bridgehead atoms. The lowest BCUT2D eigenvalue weighted by Crippen LogP contribution is -2.40. The Kier molecular flexibility index (Phi) is 3.51. The molecule has 1 aromatic heterocycles. The van der Waals surface area contributed by atoms with Gasteiger partial charge in [-0.05, 0) is 24.6 Å². The maximum atomic E-state index is 12.6. The lowest BCUT2D eigenvalue weighted by molar-refractivity contribution is 0.121. The fourth-order valence-corrected chi connectivity index (χ4v) is 2.74. The van der Waals surface area contributed by atoms with Gasteiger partial charge >= 0.3 is 0 Å². The summed E-state index contributed by atoms with van der Waals surface area (Å²) in [5.74, 6) is 0.697. The maximum absolute atomic E-state index is 12.6. The second-order valence-corrected chi connectivity index (χ2v) is 5.33. The molecule has 0 aliphatic carbocycles. The highest BCUT2D eigenvalue weighted by Gasteiger charge is 2.18. The average molecular weight is 285 g/mol. The molecule has 0 saturated carbocycles. The topological polar surface area (TPSA) is 47.4 Å². The van der Waals surface area contributed by atoms with Crippen molar-refractivity contribution in [3.05, 3.63) is 40.2 Å². The largest absolute Gasteiger partial charge is 0.378 e. The Balaban J connectivity index is 2.27. The first kappa shape index (κ1) is 13.8. The van der Waals surface area contributed by atoms with E-state index in [-0.39, 0.29) is 5.56 Å². The predicted octanol–water partition coefficient (Wildman–Crippen LogP) is 1.72. The van der Waals surface area contributed by atoms with Crippen molar-refractivity contribution in [1.29, 1.82) is 0 Å². The molecule has 1 aromatic carbocycles. The Labute approximate surface area is 123 Å². The molecule has 2 heterocycles. The third kappa shape index (κ3) is 2.34. The number of fused-ring (bicyclic) bond motifs is 1. The van der Waals surface area contributed by atoms with E-state index >= 15 is 0 Å². The molecule has 1 aliphatic heterocycles. The molecule has 0 radical (unpaired) electrons. The Morgan fingerprint density at radius 1 is 1.33 bits per heavy atom. The van der Waals surface area contributed by atoms with Crippen LogP contribution in [0.4, 0.5) is 5.95 Å². The van der Waals surface area contributed by atoms with Crippen molar-refractivity contribution >= 4 is 22.9 Å². The monoisotopic (exact) mass is 285 g/mol. The zero-order valence-corrected chi connectivity index (χ0v) is 12.4. The standard InChI is InChI=1S/C16H19N3O2/c1-4-12-9-11(2)10-13-14(12)17-16(18(3)15(13)20)19-5-7-21-8-6-19/h4,9-10H,1,5-8H2,2-3H3. The fraction of sp³-hybridized carbons (Fsp3) is 0.375. The van der Waals surface area contributed by atoms with Crippen LogP contribution in [0.15, 0.2) is 23.5 Å². The molecule has 0 amide bonds. The number of morpholine rings is 1. The Bertz CT molecular complexity index is 758. The summed E-state index contributed by atoms with van der Waals surface area (Å²) in [6.45, 7) is 8.64.